The average Bonchev–Trinajstić information content (AvgIpc) is 3.35. The Morgan fingerprint density at radius 3 is 2.34 bits per heavy atom. The number of alkyl carbamates (subject to hydrolysis) is 1. The Balaban J connectivity index is 1.77. The number of para-hydroxylation sites is 1. The number of fused-ring (bicyclic) bond motifs is 1. The number of hydrogen-bond donors (Lipinski definition) is 2. The average molecular weight is 600 g/mol. The van der Waals surface area contributed by atoms with E-state index < -0.39 is 12.1 Å². The van der Waals surface area contributed by atoms with Gasteiger partial charge in [-0.25, -0.2) is 9.59 Å². The molecule has 0 saturated heterocycles. The van der Waals surface area contributed by atoms with Gasteiger partial charge in [0.25, 0.3) is 0 Å². The van der Waals surface area contributed by atoms with E-state index in [2.05, 4.69) is 20.3 Å². The second kappa shape index (κ2) is 16.1. The number of ether oxygens (including phenoxy) is 2. The number of hydrogen-bond acceptors (Lipinski definition) is 6. The van der Waals surface area contributed by atoms with Crippen molar-refractivity contribution in [3.63, 3.8) is 0 Å². The maximum atomic E-state index is 12.7. The van der Waals surface area contributed by atoms with Crippen LogP contribution < -0.4 is 5.32 Å². The molecule has 0 aliphatic rings. The number of amides is 1. The van der Waals surface area contributed by atoms with E-state index >= 15 is 0 Å². The molecule has 44 heavy (non-hydrogen) atoms. The highest BCUT2D eigenvalue weighted by Gasteiger charge is 2.17. The van der Waals surface area contributed by atoms with E-state index in [0.717, 1.165) is 38.9 Å². The van der Waals surface area contributed by atoms with Crippen LogP contribution >= 0.6 is 0 Å². The van der Waals surface area contributed by atoms with Crippen LogP contribution in [0, 0.1) is 0 Å². The lowest BCUT2D eigenvalue weighted by Gasteiger charge is -2.18. The number of aromatic nitrogens is 1. The van der Waals surface area contributed by atoms with Crippen molar-refractivity contribution in [2.24, 2.45) is 5.11 Å². The summed E-state index contributed by atoms with van der Waals surface area (Å²) < 4.78 is 10.7. The molecule has 1 aromatic heterocycles. The van der Waals surface area contributed by atoms with Crippen LogP contribution in [-0.4, -0.2) is 36.5 Å². The number of allylic oxidation sites excluding steroid dienone is 1. The van der Waals surface area contributed by atoms with Crippen LogP contribution in [0.1, 0.15) is 87.7 Å². The lowest BCUT2D eigenvalue weighted by molar-refractivity contribution is -0.138. The number of nitrogens with one attached hydrogen (secondary N) is 2. The van der Waals surface area contributed by atoms with Crippen molar-refractivity contribution < 1.29 is 23.9 Å². The fourth-order valence-corrected chi connectivity index (χ4v) is 5.01. The van der Waals surface area contributed by atoms with Gasteiger partial charge in [-0.3, -0.25) is 4.79 Å². The smallest absolute Gasteiger partial charge is 0.407 e. The van der Waals surface area contributed by atoms with Crippen molar-refractivity contribution in [3.8, 4) is 0 Å². The highest BCUT2D eigenvalue weighted by molar-refractivity contribution is 5.99. The first kappa shape index (κ1) is 33.7. The Kier molecular flexibility index (Phi) is 12.4. The maximum Gasteiger partial charge on any atom is 0.407 e. The largest absolute Gasteiger partial charge is 0.462 e. The third-order valence-corrected chi connectivity index (χ3v) is 7.26. The monoisotopic (exact) mass is 599 g/mol. The van der Waals surface area contributed by atoms with Gasteiger partial charge >= 0.3 is 12.1 Å². The van der Waals surface area contributed by atoms with Crippen LogP contribution in [0.4, 0.5) is 10.5 Å². The zero-order chi connectivity index (χ0) is 32.2. The van der Waals surface area contributed by atoms with Crippen molar-refractivity contribution >= 4 is 41.0 Å². The molecular formula is C34H41N5O5. The van der Waals surface area contributed by atoms with Crippen molar-refractivity contribution in [2.75, 3.05) is 13.2 Å². The minimum Gasteiger partial charge on any atom is -0.462 e. The minimum atomic E-state index is -0.553. The van der Waals surface area contributed by atoms with Gasteiger partial charge in [-0.15, -0.1) is 0 Å². The molecule has 0 aliphatic carbocycles. The summed E-state index contributed by atoms with van der Waals surface area (Å²) in [5, 5.41) is 7.76. The Morgan fingerprint density at radius 2 is 1.75 bits per heavy atom. The first-order valence-electron chi connectivity index (χ1n) is 14.9. The predicted octanol–water partition coefficient (Wildman–Crippen LogP) is 8.31. The minimum absolute atomic E-state index is 0.0718. The SMILES string of the molecule is CCOC(=O)C(/C=C/c1[nH]c2ccccc2c1CCNC(=O)OCc1cc(C(C)C)c(N=[N+]=[N-])c(C(C)C)c1)=C(/C=O)CC. The number of azide groups is 1. The van der Waals surface area contributed by atoms with Crippen LogP contribution in [0.5, 0.6) is 0 Å². The third-order valence-electron chi connectivity index (χ3n) is 7.26. The third kappa shape index (κ3) is 8.39. The number of carbonyl (C=O) groups excluding carboxylic acids is 3. The first-order valence-corrected chi connectivity index (χ1v) is 14.9. The Morgan fingerprint density at radius 1 is 1.07 bits per heavy atom. The quantitative estimate of drug-likeness (QED) is 0.0364. The van der Waals surface area contributed by atoms with E-state index in [1.165, 1.54) is 0 Å². The molecule has 0 bridgehead atoms. The van der Waals surface area contributed by atoms with Crippen LogP contribution in [-0.2, 0) is 32.1 Å². The van der Waals surface area contributed by atoms with Gasteiger partial charge in [0.05, 0.1) is 12.2 Å². The molecule has 3 rings (SSSR count). The maximum absolute atomic E-state index is 12.7. The number of carbonyl (C=O) groups is 3. The van der Waals surface area contributed by atoms with E-state index in [4.69, 9.17) is 15.0 Å². The molecule has 0 fully saturated rings. The zero-order valence-electron chi connectivity index (χ0n) is 26.3. The lowest BCUT2D eigenvalue weighted by atomic mass is 9.90. The molecule has 10 heteroatoms. The number of esters is 1. The molecule has 2 N–H and O–H groups in total. The Hall–Kier alpha value is -4.82. The standard InChI is InChI=1S/C34H41N5O5/c1-7-24(19-40)25(33(41)43-8-2)13-14-31-27(26-11-9-10-12-30(26)37-31)15-16-36-34(42)44-20-23-17-28(21(3)4)32(38-39-35)29(18-23)22(5)6/h9-14,17-19,21-22,37H,7-8,15-16,20H2,1-6H3,(H,36,42)/b14-13+,25-24+. The molecule has 0 radical (unpaired) electrons. The van der Waals surface area contributed by atoms with Crippen LogP contribution in [0.25, 0.3) is 27.4 Å². The van der Waals surface area contributed by atoms with Crippen LogP contribution in [0.3, 0.4) is 0 Å². The Labute approximate surface area is 258 Å². The highest BCUT2D eigenvalue weighted by Crippen LogP contribution is 2.36. The van der Waals surface area contributed by atoms with Gasteiger partial charge in [0, 0.05) is 39.3 Å². The van der Waals surface area contributed by atoms with Gasteiger partial charge in [-0.05, 0) is 77.6 Å². The molecule has 1 amide bonds. The number of nitrogens with zero attached hydrogens (tertiary/aromatic N) is 3. The first-order chi connectivity index (χ1) is 21.1. The van der Waals surface area contributed by atoms with E-state index in [9.17, 15) is 14.4 Å². The lowest BCUT2D eigenvalue weighted by Crippen LogP contribution is -2.26. The molecule has 0 spiro atoms. The summed E-state index contributed by atoms with van der Waals surface area (Å²) in [5.74, 6) is -0.308. The fraction of sp³-hybridized carbons (Fsp3) is 0.382. The topological polar surface area (TPSA) is 146 Å². The summed E-state index contributed by atoms with van der Waals surface area (Å²) in [6.07, 6.45) is 4.37. The summed E-state index contributed by atoms with van der Waals surface area (Å²) in [7, 11) is 0. The molecule has 3 aromatic rings. The van der Waals surface area contributed by atoms with Crippen LogP contribution in [0.2, 0.25) is 0 Å². The molecule has 1 heterocycles. The van der Waals surface area contributed by atoms with Crippen molar-refractivity contribution in [1.29, 1.82) is 0 Å². The number of H-pyrrole nitrogens is 1. The van der Waals surface area contributed by atoms with E-state index in [1.54, 1.807) is 26.0 Å². The fourth-order valence-electron chi connectivity index (χ4n) is 5.01. The number of benzene rings is 2. The van der Waals surface area contributed by atoms with Gasteiger partial charge < -0.3 is 19.8 Å². The second-order valence-electron chi connectivity index (χ2n) is 10.9. The molecule has 232 valence electrons. The van der Waals surface area contributed by atoms with Crippen molar-refractivity contribution in [1.82, 2.24) is 10.3 Å². The molecule has 0 saturated carbocycles. The zero-order valence-corrected chi connectivity index (χ0v) is 26.3. The van der Waals surface area contributed by atoms with E-state index in [0.29, 0.717) is 36.9 Å². The summed E-state index contributed by atoms with van der Waals surface area (Å²) in [5.41, 5.74) is 15.5. The molecule has 2 aromatic carbocycles. The summed E-state index contributed by atoms with van der Waals surface area (Å²) in [6.45, 7) is 12.2. The molecular weight excluding hydrogens is 558 g/mol. The van der Waals surface area contributed by atoms with E-state index in [-0.39, 0.29) is 30.6 Å². The van der Waals surface area contributed by atoms with Crippen LogP contribution in [0.15, 0.2) is 58.7 Å². The number of aromatic amines is 1. The molecule has 10 nitrogen and oxygen atoms in total. The van der Waals surface area contributed by atoms with Gasteiger partial charge in [-0.1, -0.05) is 70.1 Å². The Bertz CT molecular complexity index is 1580. The number of aldehydes is 1. The predicted molar refractivity (Wildman–Crippen MR) is 173 cm³/mol. The number of rotatable bonds is 14. The van der Waals surface area contributed by atoms with Gasteiger partial charge in [0.15, 0.2) is 0 Å². The van der Waals surface area contributed by atoms with Gasteiger partial charge in [0.1, 0.15) is 12.9 Å². The molecule has 0 unspecified atom stereocenters. The highest BCUT2D eigenvalue weighted by atomic mass is 16.5. The second-order valence-corrected chi connectivity index (χ2v) is 10.9. The summed E-state index contributed by atoms with van der Waals surface area (Å²) in [6, 6.07) is 11.6. The van der Waals surface area contributed by atoms with E-state index in [1.807, 2.05) is 64.1 Å². The normalized spacial score (nSPS) is 11.9. The summed E-state index contributed by atoms with van der Waals surface area (Å²) >= 11 is 0. The van der Waals surface area contributed by atoms with Crippen molar-refractivity contribution in [2.45, 2.75) is 72.8 Å². The molecule has 0 aliphatic heterocycles. The van der Waals surface area contributed by atoms with Crippen molar-refractivity contribution in [3.05, 3.63) is 92.0 Å². The van der Waals surface area contributed by atoms with Gasteiger partial charge in [-0.2, -0.15) is 0 Å². The van der Waals surface area contributed by atoms with Gasteiger partial charge in [0.2, 0.25) is 0 Å². The molecule has 0 atom stereocenters. The summed E-state index contributed by atoms with van der Waals surface area (Å²) in [4.78, 5) is 43.2.